The lowest BCUT2D eigenvalue weighted by molar-refractivity contribution is 0.0523. The number of fused-ring (bicyclic) bond motifs is 1. The molecule has 2 aromatic rings. The minimum Gasteiger partial charge on any atom is -0.462 e. The van der Waals surface area contributed by atoms with E-state index in [-0.39, 0.29) is 29.2 Å². The van der Waals surface area contributed by atoms with Crippen LogP contribution in [0.1, 0.15) is 57.9 Å². The van der Waals surface area contributed by atoms with Gasteiger partial charge in [-0.25, -0.2) is 9.78 Å². The molecule has 30 heavy (non-hydrogen) atoms. The van der Waals surface area contributed by atoms with Crippen molar-refractivity contribution in [3.05, 3.63) is 39.3 Å². The van der Waals surface area contributed by atoms with Gasteiger partial charge in [0.2, 0.25) is 5.43 Å². The number of hydrogen-bond donors (Lipinski definition) is 0. The van der Waals surface area contributed by atoms with Crippen LogP contribution in [0.2, 0.25) is 23.2 Å². The van der Waals surface area contributed by atoms with Crippen molar-refractivity contribution in [3.8, 4) is 0 Å². The first kappa shape index (κ1) is 24.6. The third kappa shape index (κ3) is 5.13. The molecular weight excluding hydrogens is 420 g/mol. The van der Waals surface area contributed by atoms with Gasteiger partial charge >= 0.3 is 5.97 Å². The third-order valence-electron chi connectivity index (χ3n) is 5.88. The fourth-order valence-corrected chi connectivity index (χ4v) is 4.10. The minimum atomic E-state index is -1.99. The van der Waals surface area contributed by atoms with Gasteiger partial charge in [0.05, 0.1) is 29.7 Å². The van der Waals surface area contributed by atoms with E-state index in [1.165, 1.54) is 6.20 Å². The minimum absolute atomic E-state index is 0.0219. The summed E-state index contributed by atoms with van der Waals surface area (Å²) in [6, 6.07) is 1.43. The maximum Gasteiger partial charge on any atom is 0.343 e. The van der Waals surface area contributed by atoms with Crippen LogP contribution < -0.4 is 5.43 Å². The molecule has 0 aliphatic rings. The number of pyridine rings is 2. The average Bonchev–Trinajstić information content (AvgIpc) is 2.62. The molecule has 0 fully saturated rings. The summed E-state index contributed by atoms with van der Waals surface area (Å²) >= 11 is 6.10. The zero-order valence-electron chi connectivity index (χ0n) is 19.2. The molecule has 166 valence electrons. The molecule has 8 heteroatoms. The summed E-state index contributed by atoms with van der Waals surface area (Å²) in [6.07, 6.45) is 3.07. The van der Waals surface area contributed by atoms with Crippen LogP contribution in [0.15, 0.2) is 23.3 Å². The molecule has 0 amide bonds. The summed E-state index contributed by atoms with van der Waals surface area (Å²) in [5.74, 6) is -0.473. The molecule has 0 aliphatic heterocycles. The molecule has 2 rings (SSSR count). The summed E-state index contributed by atoms with van der Waals surface area (Å²) in [6.45, 7) is 17.5. The number of carbonyl (C=O) groups is 1. The maximum absolute atomic E-state index is 13.0. The maximum atomic E-state index is 13.0. The Morgan fingerprint density at radius 2 is 1.93 bits per heavy atom. The Balaban J connectivity index is 2.64. The van der Waals surface area contributed by atoms with Crippen LogP contribution in [0.4, 0.5) is 0 Å². The quantitative estimate of drug-likeness (QED) is 0.412. The lowest BCUT2D eigenvalue weighted by atomic mass is 10.0. The normalized spacial score (nSPS) is 13.7. The molecule has 1 unspecified atom stereocenters. The number of halogens is 1. The third-order valence-corrected chi connectivity index (χ3v) is 10.6. The first-order valence-corrected chi connectivity index (χ1v) is 13.6. The van der Waals surface area contributed by atoms with E-state index < -0.39 is 19.7 Å². The summed E-state index contributed by atoms with van der Waals surface area (Å²) in [4.78, 5) is 29.8. The van der Waals surface area contributed by atoms with E-state index in [1.807, 2.05) is 4.57 Å². The van der Waals surface area contributed by atoms with Crippen LogP contribution in [0.5, 0.6) is 0 Å². The Bertz CT molecular complexity index is 979. The second kappa shape index (κ2) is 9.20. The molecule has 0 N–H and O–H groups in total. The highest BCUT2D eigenvalue weighted by molar-refractivity contribution is 6.74. The van der Waals surface area contributed by atoms with Gasteiger partial charge in [0.1, 0.15) is 11.2 Å². The molecule has 0 aromatic carbocycles. The topological polar surface area (TPSA) is 70.4 Å². The number of hydrogen-bond acceptors (Lipinski definition) is 5. The van der Waals surface area contributed by atoms with E-state index in [0.717, 1.165) is 0 Å². The van der Waals surface area contributed by atoms with Gasteiger partial charge < -0.3 is 13.7 Å². The van der Waals surface area contributed by atoms with Crippen molar-refractivity contribution in [1.82, 2.24) is 9.55 Å². The number of carbonyl (C=O) groups excluding carboxylic acids is 1. The van der Waals surface area contributed by atoms with Crippen molar-refractivity contribution < 1.29 is 14.0 Å². The van der Waals surface area contributed by atoms with Gasteiger partial charge in [-0.05, 0) is 37.0 Å². The lowest BCUT2D eigenvalue weighted by Crippen LogP contribution is -2.42. The summed E-state index contributed by atoms with van der Waals surface area (Å²) in [5, 5.41) is 0.707. The van der Waals surface area contributed by atoms with Crippen LogP contribution in [-0.2, 0) is 9.16 Å². The van der Waals surface area contributed by atoms with Gasteiger partial charge in [-0.2, -0.15) is 0 Å². The Morgan fingerprint density at radius 1 is 1.30 bits per heavy atom. The molecule has 2 heterocycles. The highest BCUT2D eigenvalue weighted by atomic mass is 35.5. The van der Waals surface area contributed by atoms with Crippen molar-refractivity contribution >= 4 is 36.9 Å². The summed E-state index contributed by atoms with van der Waals surface area (Å²) in [5.41, 5.74) is 0.0314. The molecular formula is C22H33ClN2O4Si. The Kier molecular flexibility index (Phi) is 7.53. The van der Waals surface area contributed by atoms with Gasteiger partial charge in [-0.3, -0.25) is 4.79 Å². The molecule has 2 aromatic heterocycles. The molecule has 0 radical (unpaired) electrons. The van der Waals surface area contributed by atoms with E-state index in [0.29, 0.717) is 22.7 Å². The predicted molar refractivity (Wildman–Crippen MR) is 124 cm³/mol. The van der Waals surface area contributed by atoms with Gasteiger partial charge in [0, 0.05) is 12.4 Å². The van der Waals surface area contributed by atoms with Crippen molar-refractivity contribution in [2.75, 3.05) is 13.2 Å². The van der Waals surface area contributed by atoms with E-state index in [4.69, 9.17) is 20.8 Å². The monoisotopic (exact) mass is 452 g/mol. The predicted octanol–water partition coefficient (Wildman–Crippen LogP) is 5.45. The smallest absolute Gasteiger partial charge is 0.343 e. The molecule has 0 saturated heterocycles. The van der Waals surface area contributed by atoms with Gasteiger partial charge in [0.25, 0.3) is 0 Å². The zero-order valence-corrected chi connectivity index (χ0v) is 21.0. The number of rotatable bonds is 7. The molecule has 0 saturated carbocycles. The van der Waals surface area contributed by atoms with Crippen LogP contribution in [0.3, 0.4) is 0 Å². The Morgan fingerprint density at radius 3 is 2.47 bits per heavy atom. The lowest BCUT2D eigenvalue weighted by Gasteiger charge is -2.38. The fraction of sp³-hybridized carbons (Fsp3) is 0.591. The number of nitrogens with zero attached hydrogens (tertiary/aromatic N) is 2. The van der Waals surface area contributed by atoms with Crippen molar-refractivity contribution in [3.63, 3.8) is 0 Å². The van der Waals surface area contributed by atoms with Crippen molar-refractivity contribution in [2.45, 2.75) is 65.7 Å². The summed E-state index contributed by atoms with van der Waals surface area (Å²) in [7, 11) is -1.99. The van der Waals surface area contributed by atoms with Crippen LogP contribution in [0.25, 0.3) is 11.0 Å². The molecule has 0 aliphatic carbocycles. The second-order valence-corrected chi connectivity index (χ2v) is 14.7. The van der Waals surface area contributed by atoms with Crippen molar-refractivity contribution in [2.24, 2.45) is 5.92 Å². The largest absolute Gasteiger partial charge is 0.462 e. The highest BCUT2D eigenvalue weighted by Gasteiger charge is 2.38. The van der Waals surface area contributed by atoms with E-state index in [1.54, 1.807) is 19.2 Å². The molecule has 6 nitrogen and oxygen atoms in total. The zero-order chi connectivity index (χ0) is 22.9. The van der Waals surface area contributed by atoms with Crippen LogP contribution in [-0.4, -0.2) is 37.1 Å². The molecule has 1 atom stereocenters. The van der Waals surface area contributed by atoms with Crippen LogP contribution >= 0.6 is 11.6 Å². The molecule has 0 spiro atoms. The Labute approximate surface area is 184 Å². The first-order valence-electron chi connectivity index (χ1n) is 10.3. The SMILES string of the molecule is CCOC(=O)c1cn(C(CO[Si](C)(C)C(C)(C)C)C(C)C)c2ncc(Cl)cc2c1=O. The number of ether oxygens (including phenoxy) is 1. The second-order valence-electron chi connectivity index (χ2n) is 9.41. The number of aromatic nitrogens is 2. The molecule has 0 bridgehead atoms. The van der Waals surface area contributed by atoms with E-state index in [9.17, 15) is 9.59 Å². The van der Waals surface area contributed by atoms with Gasteiger partial charge in [0.15, 0.2) is 8.32 Å². The number of esters is 1. The fourth-order valence-electron chi connectivity index (χ4n) is 2.92. The standard InChI is InChI=1S/C22H33ClN2O4Si/c1-9-28-21(27)17-12-25(20-16(19(17)26)10-15(23)11-24-20)18(14(2)3)13-29-30(7,8)22(4,5)6/h10-12,14,18H,9,13H2,1-8H3. The van der Waals surface area contributed by atoms with E-state index in [2.05, 4.69) is 52.7 Å². The van der Waals surface area contributed by atoms with Gasteiger partial charge in [-0.15, -0.1) is 0 Å². The van der Waals surface area contributed by atoms with Crippen molar-refractivity contribution in [1.29, 1.82) is 0 Å². The first-order chi connectivity index (χ1) is 13.8. The summed E-state index contributed by atoms with van der Waals surface area (Å²) < 4.78 is 13.5. The van der Waals surface area contributed by atoms with Gasteiger partial charge in [-0.1, -0.05) is 46.2 Å². The Hall–Kier alpha value is -1.70. The average molecular weight is 453 g/mol. The van der Waals surface area contributed by atoms with Crippen LogP contribution in [0, 0.1) is 5.92 Å². The van der Waals surface area contributed by atoms with E-state index >= 15 is 0 Å². The highest BCUT2D eigenvalue weighted by Crippen LogP contribution is 2.37.